The van der Waals surface area contributed by atoms with Crippen molar-refractivity contribution in [1.82, 2.24) is 4.90 Å². The fraction of sp³-hybridized carbons (Fsp3) is 0.435. The van der Waals surface area contributed by atoms with Crippen LogP contribution in [0.25, 0.3) is 0 Å². The number of phenolic OH excluding ortho intramolecular Hbond substituents is 1. The lowest BCUT2D eigenvalue weighted by atomic mass is 9.71. The number of ether oxygens (including phenoxy) is 2. The van der Waals surface area contributed by atoms with Crippen molar-refractivity contribution < 1.29 is 24.3 Å². The van der Waals surface area contributed by atoms with Gasteiger partial charge in [0.05, 0.1) is 11.0 Å². The summed E-state index contributed by atoms with van der Waals surface area (Å²) in [7, 11) is 0. The van der Waals surface area contributed by atoms with E-state index in [1.807, 2.05) is 17.9 Å². The van der Waals surface area contributed by atoms with Crippen LogP contribution >= 0.6 is 0 Å². The Morgan fingerprint density at radius 3 is 2.48 bits per heavy atom. The minimum absolute atomic E-state index is 0.143. The lowest BCUT2D eigenvalue weighted by Gasteiger charge is -2.46. The van der Waals surface area contributed by atoms with Crippen LogP contribution < -0.4 is 9.47 Å². The number of nitrogens with zero attached hydrogens (tertiary/aromatic N) is 2. The molecule has 1 N–H and O–H groups in total. The predicted molar refractivity (Wildman–Crippen MR) is 112 cm³/mol. The lowest BCUT2D eigenvalue weighted by Crippen LogP contribution is -2.48. The summed E-state index contributed by atoms with van der Waals surface area (Å²) in [6.07, 6.45) is 4.18. The van der Waals surface area contributed by atoms with Crippen LogP contribution in [0.3, 0.4) is 0 Å². The molecule has 1 saturated carbocycles. The van der Waals surface area contributed by atoms with Gasteiger partial charge in [-0.2, -0.15) is 0 Å². The van der Waals surface area contributed by atoms with E-state index in [4.69, 9.17) is 9.47 Å². The van der Waals surface area contributed by atoms with E-state index < -0.39 is 16.4 Å². The summed E-state index contributed by atoms with van der Waals surface area (Å²) in [5.41, 5.74) is 1.97. The zero-order chi connectivity index (χ0) is 21.8. The van der Waals surface area contributed by atoms with Gasteiger partial charge < -0.3 is 19.5 Å². The summed E-state index contributed by atoms with van der Waals surface area (Å²) in [5, 5.41) is 21.0. The van der Waals surface area contributed by atoms with Crippen LogP contribution in [-0.2, 0) is 5.41 Å². The van der Waals surface area contributed by atoms with Gasteiger partial charge in [-0.15, -0.1) is 0 Å². The number of carbonyl (C=O) groups excluding carboxylic acids is 1. The molecule has 2 aromatic rings. The number of aromatic hydroxyl groups is 1. The predicted octanol–water partition coefficient (Wildman–Crippen LogP) is 4.10. The second-order valence-corrected chi connectivity index (χ2v) is 8.64. The highest BCUT2D eigenvalue weighted by atomic mass is 16.6. The van der Waals surface area contributed by atoms with Gasteiger partial charge in [0.15, 0.2) is 17.2 Å². The molecule has 8 heteroatoms. The van der Waals surface area contributed by atoms with Crippen molar-refractivity contribution in [2.24, 2.45) is 0 Å². The molecule has 0 aromatic heterocycles. The van der Waals surface area contributed by atoms with Crippen molar-refractivity contribution in [2.75, 3.05) is 19.8 Å². The average molecular weight is 424 g/mol. The monoisotopic (exact) mass is 424 g/mol. The van der Waals surface area contributed by atoms with Crippen molar-refractivity contribution in [3.63, 3.8) is 0 Å². The van der Waals surface area contributed by atoms with Crippen LogP contribution in [0.1, 0.15) is 60.1 Å². The summed E-state index contributed by atoms with van der Waals surface area (Å²) in [6, 6.07) is 7.67. The van der Waals surface area contributed by atoms with E-state index in [2.05, 4.69) is 6.07 Å². The van der Waals surface area contributed by atoms with Crippen LogP contribution in [0.2, 0.25) is 0 Å². The van der Waals surface area contributed by atoms with Crippen molar-refractivity contribution in [2.45, 2.75) is 44.1 Å². The number of fused-ring (bicyclic) bond motifs is 3. The minimum atomic E-state index is -0.665. The van der Waals surface area contributed by atoms with Gasteiger partial charge in [0.1, 0.15) is 13.2 Å². The molecule has 2 heterocycles. The molecule has 1 aliphatic carbocycles. The number of rotatable bonds is 2. The van der Waals surface area contributed by atoms with Crippen LogP contribution in [-0.4, -0.2) is 40.6 Å². The number of phenols is 1. The lowest BCUT2D eigenvalue weighted by molar-refractivity contribution is -0.385. The summed E-state index contributed by atoms with van der Waals surface area (Å²) in [5.74, 6) is 0.719. The molecule has 0 bridgehead atoms. The Hall–Kier alpha value is -3.29. The summed E-state index contributed by atoms with van der Waals surface area (Å²) >= 11 is 0. The van der Waals surface area contributed by atoms with Gasteiger partial charge in [-0.25, -0.2) is 0 Å². The van der Waals surface area contributed by atoms with E-state index in [1.165, 1.54) is 23.8 Å². The van der Waals surface area contributed by atoms with Crippen LogP contribution in [0.4, 0.5) is 5.69 Å². The second-order valence-electron chi connectivity index (χ2n) is 8.64. The van der Waals surface area contributed by atoms with Crippen LogP contribution in [0.5, 0.6) is 17.2 Å². The van der Waals surface area contributed by atoms with Crippen molar-refractivity contribution in [3.8, 4) is 17.2 Å². The van der Waals surface area contributed by atoms with E-state index in [1.54, 1.807) is 0 Å². The van der Waals surface area contributed by atoms with E-state index in [0.717, 1.165) is 37.0 Å². The zero-order valence-electron chi connectivity index (χ0n) is 17.3. The molecule has 0 radical (unpaired) electrons. The standard InChI is InChI=1S/C23H24N2O6/c1-14-16-11-20-21(31-9-8-30-20)12-17(16)23(6-2-3-7-23)13-24(14)22(27)15-4-5-18(25(28)29)19(26)10-15/h4-5,10-12,14,26H,2-3,6-9,13H2,1H3. The molecule has 1 unspecified atom stereocenters. The average Bonchev–Trinajstić information content (AvgIpc) is 3.24. The Morgan fingerprint density at radius 1 is 1.16 bits per heavy atom. The van der Waals surface area contributed by atoms with E-state index in [-0.39, 0.29) is 22.9 Å². The summed E-state index contributed by atoms with van der Waals surface area (Å²) in [4.78, 5) is 25.6. The number of benzene rings is 2. The first-order chi connectivity index (χ1) is 14.9. The maximum absolute atomic E-state index is 13.5. The summed E-state index contributed by atoms with van der Waals surface area (Å²) in [6.45, 7) is 3.58. The van der Waals surface area contributed by atoms with Crippen molar-refractivity contribution in [3.05, 3.63) is 57.1 Å². The Balaban J connectivity index is 1.56. The second kappa shape index (κ2) is 7.14. The number of amides is 1. The van der Waals surface area contributed by atoms with E-state index >= 15 is 0 Å². The number of hydrogen-bond donors (Lipinski definition) is 1. The fourth-order valence-corrected chi connectivity index (χ4v) is 5.33. The fourth-order valence-electron chi connectivity index (χ4n) is 5.33. The molecular formula is C23H24N2O6. The number of nitro benzene ring substituents is 1. The van der Waals surface area contributed by atoms with Gasteiger partial charge in [0, 0.05) is 23.6 Å². The number of carbonyl (C=O) groups is 1. The first kappa shape index (κ1) is 19.7. The van der Waals surface area contributed by atoms with Gasteiger partial charge in [-0.05, 0) is 55.2 Å². The van der Waals surface area contributed by atoms with Gasteiger partial charge in [0.2, 0.25) is 0 Å². The Labute approximate surface area is 179 Å². The molecule has 2 aliphatic heterocycles. The maximum atomic E-state index is 13.5. The highest BCUT2D eigenvalue weighted by Crippen LogP contribution is 2.52. The third kappa shape index (κ3) is 3.08. The van der Waals surface area contributed by atoms with Gasteiger partial charge in [-0.1, -0.05) is 12.8 Å². The molecular weight excluding hydrogens is 400 g/mol. The van der Waals surface area contributed by atoms with Gasteiger partial charge >= 0.3 is 5.69 Å². The SMILES string of the molecule is CC1c2cc3c(cc2C2(CCCC2)CN1C(=O)c1ccc([N+](=O)[O-])c(O)c1)OCCO3. The molecule has 0 saturated heterocycles. The maximum Gasteiger partial charge on any atom is 0.310 e. The molecule has 162 valence electrons. The molecule has 8 nitrogen and oxygen atoms in total. The number of nitro groups is 1. The van der Waals surface area contributed by atoms with Crippen molar-refractivity contribution in [1.29, 1.82) is 0 Å². The topological polar surface area (TPSA) is 102 Å². The highest BCUT2D eigenvalue weighted by molar-refractivity contribution is 5.95. The minimum Gasteiger partial charge on any atom is -0.502 e. The Kier molecular flexibility index (Phi) is 4.53. The van der Waals surface area contributed by atoms with Crippen LogP contribution in [0.15, 0.2) is 30.3 Å². The van der Waals surface area contributed by atoms with Gasteiger partial charge in [-0.3, -0.25) is 14.9 Å². The molecule has 1 amide bonds. The Morgan fingerprint density at radius 2 is 1.84 bits per heavy atom. The summed E-state index contributed by atoms with van der Waals surface area (Å²) < 4.78 is 11.6. The number of hydrogen-bond acceptors (Lipinski definition) is 6. The normalized spacial score (nSPS) is 21.1. The molecule has 3 aliphatic rings. The molecule has 2 aromatic carbocycles. The first-order valence-corrected chi connectivity index (χ1v) is 10.6. The third-order valence-electron chi connectivity index (χ3n) is 6.92. The van der Waals surface area contributed by atoms with E-state index in [0.29, 0.717) is 25.5 Å². The highest BCUT2D eigenvalue weighted by Gasteiger charge is 2.46. The largest absolute Gasteiger partial charge is 0.502 e. The molecule has 5 rings (SSSR count). The third-order valence-corrected chi connectivity index (χ3v) is 6.92. The Bertz CT molecular complexity index is 1080. The molecule has 1 atom stereocenters. The first-order valence-electron chi connectivity index (χ1n) is 10.6. The van der Waals surface area contributed by atoms with Crippen LogP contribution in [0, 0.1) is 10.1 Å². The quantitative estimate of drug-likeness (QED) is 0.575. The van der Waals surface area contributed by atoms with Crippen molar-refractivity contribution >= 4 is 11.6 Å². The smallest absolute Gasteiger partial charge is 0.310 e. The molecule has 1 spiro atoms. The molecule has 31 heavy (non-hydrogen) atoms. The van der Waals surface area contributed by atoms with Gasteiger partial charge in [0.25, 0.3) is 5.91 Å². The molecule has 1 fully saturated rings. The zero-order valence-corrected chi connectivity index (χ0v) is 17.3. The van der Waals surface area contributed by atoms with E-state index in [9.17, 15) is 20.0 Å².